The predicted molar refractivity (Wildman–Crippen MR) is 374 cm³/mol. The van der Waals surface area contributed by atoms with Crippen molar-refractivity contribution in [1.29, 1.82) is 0 Å². The minimum Gasteiger partial charge on any atom is -0.482 e. The molecule has 7 aromatic rings. The quantitative estimate of drug-likeness (QED) is 0.0161. The summed E-state index contributed by atoms with van der Waals surface area (Å²) in [6.45, 7) is 1.14. The summed E-state index contributed by atoms with van der Waals surface area (Å²) in [7, 11) is 4.55. The van der Waals surface area contributed by atoms with E-state index in [0.717, 1.165) is 26.0 Å². The van der Waals surface area contributed by atoms with E-state index in [1.54, 1.807) is 37.3 Å². The maximum Gasteiger partial charge on any atom is 0.344 e. The molecule has 0 spiro atoms. The van der Waals surface area contributed by atoms with Gasteiger partial charge in [-0.1, -0.05) is 65.9 Å². The van der Waals surface area contributed by atoms with E-state index >= 15 is 0 Å². The first-order valence-electron chi connectivity index (χ1n) is 31.7. The summed E-state index contributed by atoms with van der Waals surface area (Å²) >= 11 is 1.53. The van der Waals surface area contributed by atoms with Crippen LogP contribution in [-0.2, 0) is 94.8 Å². The normalized spacial score (nSPS) is 11.3. The molecule has 0 amide bonds. The molecule has 9 rings (SSSR count). The number of nitrogens with one attached hydrogen (secondary N) is 1. The molecule has 0 aliphatic carbocycles. The SMILES string of the molecule is CCOC(=O)COc1ccc(-c2c3ccc([nH]3)c(C#Cc3cccc(OCOCOCOCOCOCOC)c3)c3nc(c(C#Cc4cccc(OCOCOCOCOCOCOC)c4)c4nc(c(C#Cc5cccc(OCOCOCOCOCOCOC)c5)c5ccc2s5)C=C4)C=C3)cc1. The van der Waals surface area contributed by atoms with Gasteiger partial charge >= 0.3 is 5.97 Å². The zero-order chi connectivity index (χ0) is 71.6. The van der Waals surface area contributed by atoms with Crippen molar-refractivity contribution in [3.8, 4) is 69.6 Å². The monoisotopic (exact) mass is 1440 g/mol. The minimum atomic E-state index is -0.475. The molecule has 4 aromatic carbocycles. The number of H-pyrrole nitrogens is 1. The Kier molecular flexibility index (Phi) is 34.3. The molecule has 0 atom stereocenters. The third-order valence-electron chi connectivity index (χ3n) is 13.5. The average Bonchev–Trinajstić information content (AvgIpc) is 1.64. The molecule has 0 saturated heterocycles. The van der Waals surface area contributed by atoms with Gasteiger partial charge in [-0.3, -0.25) is 0 Å². The Morgan fingerprint density at radius 1 is 0.369 bits per heavy atom. The van der Waals surface area contributed by atoms with Crippen molar-refractivity contribution in [2.45, 2.75) is 6.92 Å². The molecule has 103 heavy (non-hydrogen) atoms. The lowest BCUT2D eigenvalue weighted by Crippen LogP contribution is -2.14. The van der Waals surface area contributed by atoms with Crippen LogP contribution in [0.5, 0.6) is 23.0 Å². The third-order valence-corrected chi connectivity index (χ3v) is 14.6. The second kappa shape index (κ2) is 45.5. The number of fused-ring (bicyclic) bond motifs is 8. The highest BCUT2D eigenvalue weighted by Crippen LogP contribution is 2.37. The zero-order valence-electron chi connectivity index (χ0n) is 57.1. The highest BCUT2D eigenvalue weighted by atomic mass is 32.1. The Morgan fingerprint density at radius 3 is 1.17 bits per heavy atom. The van der Waals surface area contributed by atoms with Gasteiger partial charge in [-0.15, -0.1) is 11.3 Å². The maximum absolute atomic E-state index is 12.3. The van der Waals surface area contributed by atoms with Gasteiger partial charge in [-0.05, 0) is 128 Å². The summed E-state index contributed by atoms with van der Waals surface area (Å²) in [5.74, 6) is 22.0. The fourth-order valence-corrected chi connectivity index (χ4v) is 10.1. The molecule has 542 valence electrons. The van der Waals surface area contributed by atoms with Crippen molar-refractivity contribution in [3.05, 3.63) is 177 Å². The fraction of sp³-hybridized carbons (Fsp3) is 0.320. The average molecular weight is 1440 g/mol. The Labute approximate surface area is 599 Å². The zero-order valence-corrected chi connectivity index (χ0v) is 57.9. The number of rotatable bonds is 44. The van der Waals surface area contributed by atoms with Crippen molar-refractivity contribution >= 4 is 62.0 Å². The van der Waals surface area contributed by atoms with E-state index in [1.165, 1.54) is 32.7 Å². The Hall–Kier alpha value is -9.47. The summed E-state index contributed by atoms with van der Waals surface area (Å²) < 4.78 is 124. The first-order chi connectivity index (χ1) is 50.9. The Bertz CT molecular complexity index is 4030. The molecule has 1 N–H and O–H groups in total. The highest BCUT2D eigenvalue weighted by molar-refractivity contribution is 7.24. The number of esters is 1. The topological polar surface area (TPSA) is 271 Å². The molecular formula is C75H77N3O24S. The molecule has 2 aliphatic heterocycles. The number of hydrogen-bond acceptors (Lipinski definition) is 27. The molecule has 0 saturated carbocycles. The van der Waals surface area contributed by atoms with Gasteiger partial charge < -0.3 is 114 Å². The van der Waals surface area contributed by atoms with Gasteiger partial charge in [0.15, 0.2) is 109 Å². The lowest BCUT2D eigenvalue weighted by Gasteiger charge is -2.09. The number of methoxy groups -OCH3 is 3. The van der Waals surface area contributed by atoms with Gasteiger partial charge in [0.05, 0.1) is 51.6 Å². The van der Waals surface area contributed by atoms with Crippen molar-refractivity contribution < 1.29 is 114 Å². The predicted octanol–water partition coefficient (Wildman–Crippen LogP) is 10.8. The van der Waals surface area contributed by atoms with Crippen LogP contribution in [0.3, 0.4) is 0 Å². The van der Waals surface area contributed by atoms with E-state index in [9.17, 15) is 4.79 Å². The smallest absolute Gasteiger partial charge is 0.344 e. The maximum atomic E-state index is 12.3. The van der Waals surface area contributed by atoms with E-state index in [4.69, 9.17) is 119 Å². The second-order valence-electron chi connectivity index (χ2n) is 20.8. The standard InChI is InChI=1S/C75H77N3O24S/c1-5-98-74(79)36-99-59-20-18-58(19-21-59)75-71-30-29-69(78-71)64(23-16-56-10-7-13-61(34-56)101-53-96-50-93-47-90-44-87-41-84-38-81-3)67-26-25-66(76-67)63(22-15-55-9-6-12-60(33-55)100-52-95-49-92-46-89-43-86-40-83-37-80-2)68-27-28-70(77-68)65(72-31-32-73(75)103-72)24-17-57-11-8-14-62(35-57)102-54-97-51-94-48-91-45-88-42-85-39-82-4/h6-14,18-21,25-35,78H,5,36-54H2,1-4H3. The van der Waals surface area contributed by atoms with E-state index in [0.29, 0.717) is 84.7 Å². The summed E-state index contributed by atoms with van der Waals surface area (Å²) in [5, 5.41) is 0. The van der Waals surface area contributed by atoms with Gasteiger partial charge in [-0.25, -0.2) is 14.8 Å². The highest BCUT2D eigenvalue weighted by Gasteiger charge is 2.18. The van der Waals surface area contributed by atoms with Crippen molar-refractivity contribution in [2.24, 2.45) is 0 Å². The molecule has 3 aromatic heterocycles. The fourth-order valence-electron chi connectivity index (χ4n) is 9.04. The van der Waals surface area contributed by atoms with E-state index in [1.807, 2.05) is 109 Å². The third kappa shape index (κ3) is 27.0. The van der Waals surface area contributed by atoms with Crippen molar-refractivity contribution in [3.63, 3.8) is 0 Å². The van der Waals surface area contributed by atoms with Gasteiger partial charge in [0, 0.05) is 58.5 Å². The largest absolute Gasteiger partial charge is 0.482 e. The van der Waals surface area contributed by atoms with Crippen LogP contribution in [0.25, 0.3) is 55.9 Å². The Balaban J connectivity index is 1.06. The molecule has 2 aliphatic rings. The van der Waals surface area contributed by atoms with Crippen LogP contribution in [0, 0.1) is 35.5 Å². The van der Waals surface area contributed by atoms with Crippen LogP contribution >= 0.6 is 11.3 Å². The molecule has 0 fully saturated rings. The summed E-state index contributed by atoms with van der Waals surface area (Å²) in [6.07, 6.45) is 7.61. The molecule has 28 heteroatoms. The number of aromatic amines is 1. The van der Waals surface area contributed by atoms with E-state index < -0.39 is 5.97 Å². The number of benzene rings is 4. The number of nitrogens with zero attached hydrogens (tertiary/aromatic N) is 2. The van der Waals surface area contributed by atoms with Crippen LogP contribution < -0.4 is 18.9 Å². The number of aromatic nitrogens is 3. The second-order valence-corrected chi connectivity index (χ2v) is 21.9. The van der Waals surface area contributed by atoms with Crippen LogP contribution in [-0.4, -0.2) is 178 Å². The Morgan fingerprint density at radius 2 is 0.738 bits per heavy atom. The van der Waals surface area contributed by atoms with Crippen LogP contribution in [0.15, 0.2) is 121 Å². The van der Waals surface area contributed by atoms with E-state index in [-0.39, 0.29) is 135 Å². The van der Waals surface area contributed by atoms with E-state index in [2.05, 4.69) is 46.6 Å². The summed E-state index contributed by atoms with van der Waals surface area (Å²) in [4.78, 5) is 26.6. The molecule has 5 heterocycles. The number of hydrogen-bond donors (Lipinski definition) is 1. The minimum absolute atomic E-state index is 0.0124. The van der Waals surface area contributed by atoms with Gasteiger partial charge in [-0.2, -0.15) is 0 Å². The lowest BCUT2D eigenvalue weighted by molar-refractivity contribution is -0.209. The number of carbonyl (C=O) groups is 1. The molecule has 8 bridgehead atoms. The molecule has 0 unspecified atom stereocenters. The summed E-state index contributed by atoms with van der Waals surface area (Å²) in [5.41, 5.74) is 8.92. The summed E-state index contributed by atoms with van der Waals surface area (Å²) in [6, 6.07) is 37.5. The van der Waals surface area contributed by atoms with Gasteiger partial charge in [0.25, 0.3) is 0 Å². The van der Waals surface area contributed by atoms with Gasteiger partial charge in [0.1, 0.15) is 43.4 Å². The van der Waals surface area contributed by atoms with Gasteiger partial charge in [0.2, 0.25) is 0 Å². The lowest BCUT2D eigenvalue weighted by atomic mass is 10.1. The van der Waals surface area contributed by atoms with Crippen LogP contribution in [0.1, 0.15) is 63.1 Å². The number of carbonyl (C=O) groups excluding carboxylic acids is 1. The first kappa shape index (κ1) is 77.7. The molecule has 0 radical (unpaired) electrons. The first-order valence-corrected chi connectivity index (χ1v) is 32.5. The number of thiophene rings is 1. The van der Waals surface area contributed by atoms with Crippen molar-refractivity contribution in [2.75, 3.05) is 157 Å². The molecular weight excluding hydrogens is 1360 g/mol. The van der Waals surface area contributed by atoms with Crippen LogP contribution in [0.2, 0.25) is 0 Å². The molecule has 27 nitrogen and oxygen atoms in total. The van der Waals surface area contributed by atoms with Crippen LogP contribution in [0.4, 0.5) is 0 Å². The van der Waals surface area contributed by atoms with Crippen molar-refractivity contribution in [1.82, 2.24) is 15.0 Å². The number of ether oxygens (including phenoxy) is 23.